The lowest BCUT2D eigenvalue weighted by Crippen LogP contribution is -2.33. The highest BCUT2D eigenvalue weighted by molar-refractivity contribution is 5.92. The van der Waals surface area contributed by atoms with Gasteiger partial charge in [-0.25, -0.2) is 0 Å². The van der Waals surface area contributed by atoms with Crippen LogP contribution in [0.25, 0.3) is 0 Å². The summed E-state index contributed by atoms with van der Waals surface area (Å²) in [5.41, 5.74) is 8.99. The number of aromatic nitrogens is 2. The van der Waals surface area contributed by atoms with Crippen molar-refractivity contribution in [2.75, 3.05) is 13.1 Å². The Balaban J connectivity index is 0.00000261. The molecule has 1 aliphatic heterocycles. The first-order valence-electron chi connectivity index (χ1n) is 9.38. The topological polar surface area (TPSA) is 64.2 Å². The maximum Gasteiger partial charge on any atom is 0.274 e. The second kappa shape index (κ2) is 8.03. The van der Waals surface area contributed by atoms with Crippen molar-refractivity contribution in [1.29, 1.82) is 0 Å². The van der Waals surface area contributed by atoms with Gasteiger partial charge in [0.25, 0.3) is 5.91 Å². The summed E-state index contributed by atoms with van der Waals surface area (Å²) in [5.74, 6) is 0.458. The van der Waals surface area contributed by atoms with Crippen molar-refractivity contribution in [3.63, 3.8) is 0 Å². The third kappa shape index (κ3) is 4.36. The van der Waals surface area contributed by atoms with Crippen molar-refractivity contribution in [3.8, 4) is 0 Å². The molecule has 3 rings (SSSR count). The SMILES string of the molecule is CC(C)c1cc(C(=O)N2C[C@@H](N)[C@H](c3ccccc3)C2)nn1C(C)(C)C.Cl. The van der Waals surface area contributed by atoms with Crippen molar-refractivity contribution >= 4 is 18.3 Å². The second-order valence-corrected chi connectivity index (χ2v) is 8.58. The standard InChI is InChI=1S/C21H30N4O.ClH/c1-14(2)19-11-18(23-25(19)21(3,4)5)20(26)24-12-16(17(22)13-24)15-9-7-6-8-10-15;/h6-11,14,16-17H,12-13,22H2,1-5H3;1H/t16-,17+;/m0./s1. The molecule has 0 unspecified atom stereocenters. The summed E-state index contributed by atoms with van der Waals surface area (Å²) in [6.45, 7) is 11.8. The average molecular weight is 391 g/mol. The molecular formula is C21H31ClN4O. The summed E-state index contributed by atoms with van der Waals surface area (Å²) in [6.07, 6.45) is 0. The fraction of sp³-hybridized carbons (Fsp3) is 0.524. The van der Waals surface area contributed by atoms with Crippen LogP contribution >= 0.6 is 12.4 Å². The molecule has 0 aliphatic carbocycles. The Morgan fingerprint density at radius 2 is 1.81 bits per heavy atom. The number of amides is 1. The smallest absolute Gasteiger partial charge is 0.274 e. The van der Waals surface area contributed by atoms with Crippen molar-refractivity contribution < 1.29 is 4.79 Å². The molecule has 0 saturated carbocycles. The summed E-state index contributed by atoms with van der Waals surface area (Å²) in [4.78, 5) is 14.9. The molecule has 148 valence electrons. The molecule has 1 saturated heterocycles. The van der Waals surface area contributed by atoms with Crippen LogP contribution in [0.1, 0.15) is 68.2 Å². The Bertz CT molecular complexity index is 779. The number of halogens is 1. The summed E-state index contributed by atoms with van der Waals surface area (Å²) < 4.78 is 1.98. The zero-order valence-electron chi connectivity index (χ0n) is 16.8. The van der Waals surface area contributed by atoms with Gasteiger partial charge < -0.3 is 10.6 Å². The number of nitrogens with two attached hydrogens (primary N) is 1. The van der Waals surface area contributed by atoms with E-state index in [0.29, 0.717) is 24.7 Å². The molecule has 1 aromatic heterocycles. The lowest BCUT2D eigenvalue weighted by atomic mass is 9.95. The van der Waals surface area contributed by atoms with Crippen LogP contribution in [0.4, 0.5) is 0 Å². The lowest BCUT2D eigenvalue weighted by Gasteiger charge is -2.23. The summed E-state index contributed by atoms with van der Waals surface area (Å²) in [5, 5.41) is 4.65. The zero-order valence-corrected chi connectivity index (χ0v) is 17.7. The van der Waals surface area contributed by atoms with Crippen LogP contribution in [-0.2, 0) is 5.54 Å². The Hall–Kier alpha value is -1.85. The molecule has 0 radical (unpaired) electrons. The van der Waals surface area contributed by atoms with Gasteiger partial charge in [0.2, 0.25) is 0 Å². The first-order valence-corrected chi connectivity index (χ1v) is 9.38. The molecule has 0 spiro atoms. The summed E-state index contributed by atoms with van der Waals surface area (Å²) in [6, 6.07) is 12.1. The molecule has 1 amide bonds. The summed E-state index contributed by atoms with van der Waals surface area (Å²) in [7, 11) is 0. The molecule has 1 aromatic carbocycles. The molecule has 2 N–H and O–H groups in total. The van der Waals surface area contributed by atoms with Crippen LogP contribution in [-0.4, -0.2) is 39.7 Å². The molecule has 27 heavy (non-hydrogen) atoms. The minimum absolute atomic E-state index is 0. The van der Waals surface area contributed by atoms with E-state index in [1.807, 2.05) is 33.8 Å². The molecule has 2 aromatic rings. The van der Waals surface area contributed by atoms with Gasteiger partial charge in [-0.05, 0) is 38.3 Å². The normalized spacial score (nSPS) is 20.0. The highest BCUT2D eigenvalue weighted by Crippen LogP contribution is 2.29. The summed E-state index contributed by atoms with van der Waals surface area (Å²) >= 11 is 0. The van der Waals surface area contributed by atoms with Gasteiger partial charge in [-0.2, -0.15) is 5.10 Å². The number of carbonyl (C=O) groups is 1. The zero-order chi connectivity index (χ0) is 19.1. The minimum Gasteiger partial charge on any atom is -0.335 e. The van der Waals surface area contributed by atoms with E-state index in [1.54, 1.807) is 0 Å². The van der Waals surface area contributed by atoms with Crippen LogP contribution in [0.15, 0.2) is 36.4 Å². The van der Waals surface area contributed by atoms with Gasteiger partial charge in [0.05, 0.1) is 5.54 Å². The quantitative estimate of drug-likeness (QED) is 0.867. The van der Waals surface area contributed by atoms with E-state index in [-0.39, 0.29) is 35.8 Å². The predicted molar refractivity (Wildman–Crippen MR) is 112 cm³/mol. The third-order valence-corrected chi connectivity index (χ3v) is 5.06. The molecule has 1 aliphatic rings. The van der Waals surface area contributed by atoms with Gasteiger partial charge in [-0.3, -0.25) is 9.48 Å². The van der Waals surface area contributed by atoms with Crippen molar-refractivity contribution in [1.82, 2.24) is 14.7 Å². The van der Waals surface area contributed by atoms with Crippen molar-refractivity contribution in [3.05, 3.63) is 53.3 Å². The van der Waals surface area contributed by atoms with E-state index < -0.39 is 0 Å². The number of rotatable bonds is 3. The highest BCUT2D eigenvalue weighted by Gasteiger charge is 2.35. The Labute approximate surface area is 168 Å². The van der Waals surface area contributed by atoms with Gasteiger partial charge in [0.15, 0.2) is 5.69 Å². The van der Waals surface area contributed by atoms with Crippen molar-refractivity contribution in [2.45, 2.75) is 58.0 Å². The van der Waals surface area contributed by atoms with Gasteiger partial charge in [-0.15, -0.1) is 12.4 Å². The Morgan fingerprint density at radius 1 is 1.19 bits per heavy atom. The Morgan fingerprint density at radius 3 is 2.33 bits per heavy atom. The van der Waals surface area contributed by atoms with E-state index in [2.05, 4.69) is 51.9 Å². The van der Waals surface area contributed by atoms with E-state index >= 15 is 0 Å². The largest absolute Gasteiger partial charge is 0.335 e. The van der Waals surface area contributed by atoms with Gasteiger partial charge >= 0.3 is 0 Å². The molecule has 1 fully saturated rings. The van der Waals surface area contributed by atoms with Gasteiger partial charge in [-0.1, -0.05) is 44.2 Å². The Kier molecular flexibility index (Phi) is 6.38. The van der Waals surface area contributed by atoms with Gasteiger partial charge in [0.1, 0.15) is 0 Å². The molecule has 0 bridgehead atoms. The van der Waals surface area contributed by atoms with Crippen LogP contribution < -0.4 is 5.73 Å². The molecule has 6 heteroatoms. The molecule has 2 heterocycles. The third-order valence-electron chi connectivity index (χ3n) is 5.06. The maximum atomic E-state index is 13.1. The second-order valence-electron chi connectivity index (χ2n) is 8.58. The van der Waals surface area contributed by atoms with Crippen LogP contribution in [0.5, 0.6) is 0 Å². The maximum absolute atomic E-state index is 13.1. The number of nitrogens with zero attached hydrogens (tertiary/aromatic N) is 3. The minimum atomic E-state index is -0.161. The first-order chi connectivity index (χ1) is 12.2. The van der Waals surface area contributed by atoms with Crippen LogP contribution in [0.2, 0.25) is 0 Å². The van der Waals surface area contributed by atoms with Crippen LogP contribution in [0.3, 0.4) is 0 Å². The predicted octanol–water partition coefficient (Wildman–Crippen LogP) is 3.75. The highest BCUT2D eigenvalue weighted by atomic mass is 35.5. The lowest BCUT2D eigenvalue weighted by molar-refractivity contribution is 0.0781. The average Bonchev–Trinajstić information content (AvgIpc) is 3.19. The van der Waals surface area contributed by atoms with E-state index in [1.165, 1.54) is 5.56 Å². The number of carbonyl (C=O) groups excluding carboxylic acids is 1. The number of hydrogen-bond donors (Lipinski definition) is 1. The fourth-order valence-corrected chi connectivity index (χ4v) is 3.66. The first kappa shape index (κ1) is 21.5. The number of benzene rings is 1. The van der Waals surface area contributed by atoms with Gasteiger partial charge in [0, 0.05) is 30.7 Å². The van der Waals surface area contributed by atoms with Crippen LogP contribution in [0, 0.1) is 0 Å². The number of likely N-dealkylation sites (tertiary alicyclic amines) is 1. The molecular weight excluding hydrogens is 360 g/mol. The van der Waals surface area contributed by atoms with E-state index in [0.717, 1.165) is 5.69 Å². The van der Waals surface area contributed by atoms with Crippen molar-refractivity contribution in [2.24, 2.45) is 5.73 Å². The molecule has 2 atom stereocenters. The van der Waals surface area contributed by atoms with E-state index in [4.69, 9.17) is 5.73 Å². The molecule has 5 nitrogen and oxygen atoms in total. The van der Waals surface area contributed by atoms with E-state index in [9.17, 15) is 4.79 Å². The number of hydrogen-bond acceptors (Lipinski definition) is 3. The fourth-order valence-electron chi connectivity index (χ4n) is 3.66. The monoisotopic (exact) mass is 390 g/mol.